The van der Waals surface area contributed by atoms with Crippen molar-refractivity contribution >= 4 is 11.6 Å². The van der Waals surface area contributed by atoms with Gasteiger partial charge in [-0.25, -0.2) is 4.39 Å². The van der Waals surface area contributed by atoms with Crippen molar-refractivity contribution in [3.8, 4) is 11.5 Å². The molecule has 1 aromatic heterocycles. The Morgan fingerprint density at radius 3 is 2.95 bits per heavy atom. The Morgan fingerprint density at radius 2 is 2.20 bits per heavy atom. The summed E-state index contributed by atoms with van der Waals surface area (Å²) < 4.78 is 19.6. The fourth-order valence-electron chi connectivity index (χ4n) is 1.92. The van der Waals surface area contributed by atoms with E-state index in [0.717, 1.165) is 12.8 Å². The molecule has 1 saturated carbocycles. The van der Waals surface area contributed by atoms with Gasteiger partial charge in [-0.3, -0.25) is 4.98 Å². The highest BCUT2D eigenvalue weighted by atomic mass is 35.5. The van der Waals surface area contributed by atoms with E-state index in [1.165, 1.54) is 12.3 Å². The topological polar surface area (TPSA) is 34.1 Å². The minimum Gasteiger partial charge on any atom is -0.455 e. The smallest absolute Gasteiger partial charge is 0.147 e. The van der Waals surface area contributed by atoms with Gasteiger partial charge in [-0.15, -0.1) is 0 Å². The van der Waals surface area contributed by atoms with Crippen LogP contribution in [-0.2, 0) is 6.54 Å². The molecule has 5 heteroatoms. The molecule has 1 N–H and O–H groups in total. The van der Waals surface area contributed by atoms with E-state index in [9.17, 15) is 4.39 Å². The molecule has 3 nitrogen and oxygen atoms in total. The molecular formula is C15H14ClFN2O. The summed E-state index contributed by atoms with van der Waals surface area (Å²) in [5.41, 5.74) is 0.527. The third-order valence-electron chi connectivity index (χ3n) is 3.13. The Morgan fingerprint density at radius 1 is 1.35 bits per heavy atom. The van der Waals surface area contributed by atoms with Crippen LogP contribution in [0.3, 0.4) is 0 Å². The quantitative estimate of drug-likeness (QED) is 0.907. The van der Waals surface area contributed by atoms with Crippen molar-refractivity contribution < 1.29 is 9.13 Å². The van der Waals surface area contributed by atoms with Crippen LogP contribution >= 0.6 is 11.6 Å². The van der Waals surface area contributed by atoms with Crippen molar-refractivity contribution in [2.75, 3.05) is 0 Å². The SMILES string of the molecule is Fc1cccc(Oc2cncc(Cl)c2)c1CNC1CC1. The summed E-state index contributed by atoms with van der Waals surface area (Å²) in [4.78, 5) is 3.95. The lowest BCUT2D eigenvalue weighted by molar-refractivity contribution is 0.460. The first kappa shape index (κ1) is 13.3. The average molecular weight is 293 g/mol. The Labute approximate surface area is 121 Å². The molecule has 20 heavy (non-hydrogen) atoms. The number of rotatable bonds is 5. The van der Waals surface area contributed by atoms with Crippen LogP contribution in [-0.4, -0.2) is 11.0 Å². The molecule has 2 aromatic rings. The molecular weight excluding hydrogens is 279 g/mol. The normalized spacial score (nSPS) is 14.3. The molecule has 1 aliphatic rings. The lowest BCUT2D eigenvalue weighted by Gasteiger charge is -2.12. The van der Waals surface area contributed by atoms with Crippen molar-refractivity contribution in [3.05, 3.63) is 53.1 Å². The number of nitrogens with zero attached hydrogens (tertiary/aromatic N) is 1. The van der Waals surface area contributed by atoms with Gasteiger partial charge in [-0.05, 0) is 25.0 Å². The van der Waals surface area contributed by atoms with E-state index in [1.54, 1.807) is 24.4 Å². The molecule has 0 aliphatic heterocycles. The van der Waals surface area contributed by atoms with Crippen molar-refractivity contribution in [1.29, 1.82) is 0 Å². The molecule has 0 unspecified atom stereocenters. The first-order valence-corrected chi connectivity index (χ1v) is 6.89. The Hall–Kier alpha value is -1.65. The first-order chi connectivity index (χ1) is 9.72. The Balaban J connectivity index is 1.82. The van der Waals surface area contributed by atoms with Gasteiger partial charge in [0.1, 0.15) is 17.3 Å². The van der Waals surface area contributed by atoms with Crippen molar-refractivity contribution in [3.63, 3.8) is 0 Å². The Bertz CT molecular complexity index is 617. The molecule has 104 valence electrons. The molecule has 1 heterocycles. The number of pyridine rings is 1. The van der Waals surface area contributed by atoms with Crippen molar-refractivity contribution in [2.45, 2.75) is 25.4 Å². The van der Waals surface area contributed by atoms with Crippen LogP contribution in [0.25, 0.3) is 0 Å². The molecule has 0 atom stereocenters. The maximum atomic E-state index is 13.9. The Kier molecular flexibility index (Phi) is 3.85. The van der Waals surface area contributed by atoms with Crippen LogP contribution in [0.4, 0.5) is 4.39 Å². The second-order valence-electron chi connectivity index (χ2n) is 4.81. The van der Waals surface area contributed by atoms with E-state index in [4.69, 9.17) is 16.3 Å². The summed E-state index contributed by atoms with van der Waals surface area (Å²) in [6.45, 7) is 0.459. The van der Waals surface area contributed by atoms with Gasteiger partial charge in [0.15, 0.2) is 0 Å². The average Bonchev–Trinajstić information content (AvgIpc) is 3.22. The highest BCUT2D eigenvalue weighted by Crippen LogP contribution is 2.29. The summed E-state index contributed by atoms with van der Waals surface area (Å²) in [7, 11) is 0. The van der Waals surface area contributed by atoms with E-state index in [1.807, 2.05) is 0 Å². The van der Waals surface area contributed by atoms with E-state index >= 15 is 0 Å². The first-order valence-electron chi connectivity index (χ1n) is 6.51. The van der Waals surface area contributed by atoms with Gasteiger partial charge in [0.25, 0.3) is 0 Å². The van der Waals surface area contributed by atoms with Gasteiger partial charge in [-0.2, -0.15) is 0 Å². The van der Waals surface area contributed by atoms with E-state index in [-0.39, 0.29) is 5.82 Å². The molecule has 0 spiro atoms. The van der Waals surface area contributed by atoms with Gasteiger partial charge in [0.05, 0.1) is 11.2 Å². The fourth-order valence-corrected chi connectivity index (χ4v) is 2.08. The highest BCUT2D eigenvalue weighted by molar-refractivity contribution is 6.30. The third-order valence-corrected chi connectivity index (χ3v) is 3.34. The zero-order valence-electron chi connectivity index (χ0n) is 10.8. The molecule has 0 amide bonds. The van der Waals surface area contributed by atoms with Gasteiger partial charge in [0, 0.05) is 30.4 Å². The number of ether oxygens (including phenoxy) is 1. The number of nitrogens with one attached hydrogen (secondary N) is 1. The zero-order chi connectivity index (χ0) is 13.9. The van der Waals surface area contributed by atoms with E-state index < -0.39 is 0 Å². The number of halogens is 2. The molecule has 1 aliphatic carbocycles. The summed E-state index contributed by atoms with van der Waals surface area (Å²) in [5.74, 6) is 0.712. The lowest BCUT2D eigenvalue weighted by Crippen LogP contribution is -2.16. The predicted molar refractivity (Wildman–Crippen MR) is 75.6 cm³/mol. The van der Waals surface area contributed by atoms with Gasteiger partial charge < -0.3 is 10.1 Å². The molecule has 0 bridgehead atoms. The minimum absolute atomic E-state index is 0.273. The summed E-state index contributed by atoms with van der Waals surface area (Å²) in [6, 6.07) is 6.97. The lowest BCUT2D eigenvalue weighted by atomic mass is 10.2. The maximum absolute atomic E-state index is 13.9. The van der Waals surface area contributed by atoms with Crippen LogP contribution < -0.4 is 10.1 Å². The standard InChI is InChI=1S/C15H14ClFN2O/c16-10-6-12(8-18-7-10)20-15-3-1-2-14(17)13(15)9-19-11-4-5-11/h1-3,6-8,11,19H,4-5,9H2. The van der Waals surface area contributed by atoms with Crippen LogP contribution in [0.5, 0.6) is 11.5 Å². The van der Waals surface area contributed by atoms with Crippen LogP contribution in [0.2, 0.25) is 5.02 Å². The van der Waals surface area contributed by atoms with Crippen molar-refractivity contribution in [2.24, 2.45) is 0 Å². The van der Waals surface area contributed by atoms with E-state index in [0.29, 0.717) is 34.7 Å². The van der Waals surface area contributed by atoms with Crippen LogP contribution in [0, 0.1) is 5.82 Å². The second-order valence-corrected chi connectivity index (χ2v) is 5.25. The number of hydrogen-bond acceptors (Lipinski definition) is 3. The highest BCUT2D eigenvalue weighted by Gasteiger charge is 2.21. The van der Waals surface area contributed by atoms with E-state index in [2.05, 4.69) is 10.3 Å². The molecule has 1 aromatic carbocycles. The van der Waals surface area contributed by atoms with Gasteiger partial charge in [0.2, 0.25) is 0 Å². The number of benzene rings is 1. The molecule has 3 rings (SSSR count). The van der Waals surface area contributed by atoms with Gasteiger partial charge in [-0.1, -0.05) is 17.7 Å². The minimum atomic E-state index is -0.273. The summed E-state index contributed by atoms with van der Waals surface area (Å²) in [5, 5.41) is 3.77. The number of hydrogen-bond donors (Lipinski definition) is 1. The van der Waals surface area contributed by atoms with Crippen LogP contribution in [0.15, 0.2) is 36.7 Å². The van der Waals surface area contributed by atoms with Crippen molar-refractivity contribution in [1.82, 2.24) is 10.3 Å². The zero-order valence-corrected chi connectivity index (χ0v) is 11.5. The third kappa shape index (κ3) is 3.26. The van der Waals surface area contributed by atoms with Gasteiger partial charge >= 0.3 is 0 Å². The summed E-state index contributed by atoms with van der Waals surface area (Å²) in [6.07, 6.45) is 5.39. The largest absolute Gasteiger partial charge is 0.455 e. The number of aromatic nitrogens is 1. The fraction of sp³-hybridized carbons (Fsp3) is 0.267. The molecule has 0 radical (unpaired) electrons. The molecule has 1 fully saturated rings. The monoisotopic (exact) mass is 292 g/mol. The predicted octanol–water partition coefficient (Wildman–Crippen LogP) is 3.92. The molecule has 0 saturated heterocycles. The van der Waals surface area contributed by atoms with Crippen LogP contribution in [0.1, 0.15) is 18.4 Å². The second kappa shape index (κ2) is 5.77. The summed E-state index contributed by atoms with van der Waals surface area (Å²) >= 11 is 5.86. The maximum Gasteiger partial charge on any atom is 0.147 e.